The zero-order valence-electron chi connectivity index (χ0n) is 14.9. The van der Waals surface area contributed by atoms with E-state index in [2.05, 4.69) is 24.4 Å². The molecule has 5 heteroatoms. The highest BCUT2D eigenvalue weighted by Crippen LogP contribution is 2.29. The summed E-state index contributed by atoms with van der Waals surface area (Å²) < 4.78 is 1.92. The Kier molecular flexibility index (Phi) is 4.94. The van der Waals surface area contributed by atoms with Crippen molar-refractivity contribution in [3.8, 4) is 11.3 Å². The zero-order chi connectivity index (χ0) is 18.6. The number of fused-ring (bicyclic) bond motifs is 1. The molecule has 0 unspecified atom stereocenters. The molecule has 0 atom stereocenters. The van der Waals surface area contributed by atoms with E-state index >= 15 is 0 Å². The highest BCUT2D eigenvalue weighted by atomic mass is 32.2. The number of amides is 1. The predicted molar refractivity (Wildman–Crippen MR) is 111 cm³/mol. The number of hydrogen-bond acceptors (Lipinski definition) is 3. The minimum Gasteiger partial charge on any atom is -0.309 e. The van der Waals surface area contributed by atoms with Crippen LogP contribution in [0.1, 0.15) is 5.56 Å². The van der Waals surface area contributed by atoms with Crippen molar-refractivity contribution in [2.45, 2.75) is 11.8 Å². The Bertz CT molecular complexity index is 1070. The van der Waals surface area contributed by atoms with Crippen LogP contribution in [-0.2, 0) is 4.79 Å². The smallest absolute Gasteiger partial charge is 0.235 e. The molecule has 2 aromatic heterocycles. The van der Waals surface area contributed by atoms with Gasteiger partial charge in [-0.2, -0.15) is 0 Å². The molecule has 4 nitrogen and oxygen atoms in total. The van der Waals surface area contributed by atoms with E-state index in [1.165, 1.54) is 17.3 Å². The van der Waals surface area contributed by atoms with Gasteiger partial charge in [0.15, 0.2) is 0 Å². The van der Waals surface area contributed by atoms with Crippen LogP contribution in [0, 0.1) is 6.92 Å². The number of aromatic nitrogens is 2. The molecule has 0 saturated heterocycles. The second-order valence-corrected chi connectivity index (χ2v) is 7.30. The van der Waals surface area contributed by atoms with E-state index in [4.69, 9.17) is 4.98 Å². The molecule has 2 heterocycles. The van der Waals surface area contributed by atoms with Gasteiger partial charge in [0, 0.05) is 16.7 Å². The first-order valence-electron chi connectivity index (χ1n) is 8.72. The summed E-state index contributed by atoms with van der Waals surface area (Å²) in [7, 11) is 0. The standard InChI is InChI=1S/C22H19N3OS/c1-16-10-12-17(13-11-16)21-22(25-14-6-5-9-19(25)23-21)24-20(26)15-27-18-7-3-2-4-8-18/h2-14H,15H2,1H3,(H,24,26). The summed E-state index contributed by atoms with van der Waals surface area (Å²) >= 11 is 1.52. The Morgan fingerprint density at radius 2 is 1.74 bits per heavy atom. The van der Waals surface area contributed by atoms with Gasteiger partial charge in [-0.15, -0.1) is 11.8 Å². The highest BCUT2D eigenvalue weighted by molar-refractivity contribution is 8.00. The first-order valence-corrected chi connectivity index (χ1v) is 9.71. The molecule has 0 radical (unpaired) electrons. The van der Waals surface area contributed by atoms with E-state index in [1.807, 2.05) is 71.3 Å². The van der Waals surface area contributed by atoms with E-state index in [1.54, 1.807) is 0 Å². The molecular weight excluding hydrogens is 354 g/mol. The maximum Gasteiger partial charge on any atom is 0.235 e. The summed E-state index contributed by atoms with van der Waals surface area (Å²) in [5, 5.41) is 3.06. The lowest BCUT2D eigenvalue weighted by atomic mass is 10.1. The van der Waals surface area contributed by atoms with Crippen molar-refractivity contribution in [2.24, 2.45) is 0 Å². The fourth-order valence-corrected chi connectivity index (χ4v) is 3.58. The molecule has 0 bridgehead atoms. The molecule has 0 aliphatic carbocycles. The largest absolute Gasteiger partial charge is 0.309 e. The van der Waals surface area contributed by atoms with Crippen LogP contribution in [0.2, 0.25) is 0 Å². The minimum atomic E-state index is -0.0529. The van der Waals surface area contributed by atoms with Crippen molar-refractivity contribution in [2.75, 3.05) is 11.1 Å². The topological polar surface area (TPSA) is 46.4 Å². The van der Waals surface area contributed by atoms with Crippen LogP contribution in [-0.4, -0.2) is 21.0 Å². The van der Waals surface area contributed by atoms with E-state index in [0.29, 0.717) is 11.6 Å². The predicted octanol–water partition coefficient (Wildman–Crippen LogP) is 5.04. The molecular formula is C22H19N3OS. The Hall–Kier alpha value is -3.05. The summed E-state index contributed by atoms with van der Waals surface area (Å²) in [6.07, 6.45) is 1.92. The first-order chi connectivity index (χ1) is 13.2. The van der Waals surface area contributed by atoms with Crippen LogP contribution >= 0.6 is 11.8 Å². The summed E-state index contributed by atoms with van der Waals surface area (Å²) in [4.78, 5) is 18.4. The van der Waals surface area contributed by atoms with Gasteiger partial charge >= 0.3 is 0 Å². The van der Waals surface area contributed by atoms with Gasteiger partial charge < -0.3 is 5.32 Å². The Morgan fingerprint density at radius 1 is 1.00 bits per heavy atom. The van der Waals surface area contributed by atoms with E-state index in [0.717, 1.165) is 21.8 Å². The number of anilines is 1. The number of carbonyl (C=O) groups is 1. The number of nitrogens with zero attached hydrogens (tertiary/aromatic N) is 2. The third-order valence-electron chi connectivity index (χ3n) is 4.23. The molecule has 0 spiro atoms. The first kappa shape index (κ1) is 17.4. The maximum absolute atomic E-state index is 12.6. The van der Waals surface area contributed by atoms with Gasteiger partial charge in [0.2, 0.25) is 5.91 Å². The fraction of sp³-hybridized carbons (Fsp3) is 0.0909. The SMILES string of the molecule is Cc1ccc(-c2nc3ccccn3c2NC(=O)CSc2ccccc2)cc1. The van der Waals surface area contributed by atoms with Crippen molar-refractivity contribution in [3.63, 3.8) is 0 Å². The number of pyridine rings is 1. The number of nitrogens with one attached hydrogen (secondary N) is 1. The number of carbonyl (C=O) groups excluding carboxylic acids is 1. The Labute approximate surface area is 162 Å². The van der Waals surface area contributed by atoms with Gasteiger partial charge in [-0.05, 0) is 31.2 Å². The van der Waals surface area contributed by atoms with Crippen molar-refractivity contribution in [1.82, 2.24) is 9.38 Å². The van der Waals surface area contributed by atoms with Crippen LogP contribution in [0.25, 0.3) is 16.9 Å². The molecule has 4 aromatic rings. The summed E-state index contributed by atoms with van der Waals surface area (Å²) in [5.74, 6) is 0.994. The molecule has 0 aliphatic rings. The third-order valence-corrected chi connectivity index (χ3v) is 5.24. The van der Waals surface area contributed by atoms with Crippen molar-refractivity contribution in [1.29, 1.82) is 0 Å². The lowest BCUT2D eigenvalue weighted by Crippen LogP contribution is -2.16. The quantitative estimate of drug-likeness (QED) is 0.499. The van der Waals surface area contributed by atoms with Crippen molar-refractivity contribution in [3.05, 3.63) is 84.6 Å². The van der Waals surface area contributed by atoms with Crippen LogP contribution in [0.3, 0.4) is 0 Å². The van der Waals surface area contributed by atoms with E-state index < -0.39 is 0 Å². The normalized spacial score (nSPS) is 10.9. The number of aryl methyl sites for hydroxylation is 1. The lowest BCUT2D eigenvalue weighted by molar-refractivity contribution is -0.113. The highest BCUT2D eigenvalue weighted by Gasteiger charge is 2.16. The molecule has 0 saturated carbocycles. The Balaban J connectivity index is 1.62. The number of imidazole rings is 1. The molecule has 4 rings (SSSR count). The van der Waals surface area contributed by atoms with Crippen LogP contribution in [0.4, 0.5) is 5.82 Å². The zero-order valence-corrected chi connectivity index (χ0v) is 15.7. The third kappa shape index (κ3) is 3.88. The monoisotopic (exact) mass is 373 g/mol. The molecule has 1 amide bonds. The van der Waals surface area contributed by atoms with Gasteiger partial charge in [0.05, 0.1) is 5.75 Å². The van der Waals surface area contributed by atoms with Crippen LogP contribution < -0.4 is 5.32 Å². The summed E-state index contributed by atoms with van der Waals surface area (Å²) in [6.45, 7) is 2.05. The van der Waals surface area contributed by atoms with Crippen LogP contribution in [0.15, 0.2) is 83.9 Å². The number of benzene rings is 2. The maximum atomic E-state index is 12.6. The number of hydrogen-bond donors (Lipinski definition) is 1. The van der Waals surface area contributed by atoms with E-state index in [9.17, 15) is 4.79 Å². The van der Waals surface area contributed by atoms with Gasteiger partial charge in [-0.25, -0.2) is 4.98 Å². The molecule has 1 N–H and O–H groups in total. The number of rotatable bonds is 5. The van der Waals surface area contributed by atoms with Gasteiger partial charge in [-0.3, -0.25) is 9.20 Å². The molecule has 0 aliphatic heterocycles. The van der Waals surface area contributed by atoms with Crippen LogP contribution in [0.5, 0.6) is 0 Å². The van der Waals surface area contributed by atoms with Crippen molar-refractivity contribution >= 4 is 29.1 Å². The molecule has 0 fully saturated rings. The molecule has 27 heavy (non-hydrogen) atoms. The van der Waals surface area contributed by atoms with Gasteiger partial charge in [0.1, 0.15) is 17.2 Å². The molecule has 2 aromatic carbocycles. The average molecular weight is 373 g/mol. The second kappa shape index (κ2) is 7.68. The fourth-order valence-electron chi connectivity index (χ4n) is 2.86. The Morgan fingerprint density at radius 3 is 2.52 bits per heavy atom. The summed E-state index contributed by atoms with van der Waals surface area (Å²) in [5.41, 5.74) is 3.75. The second-order valence-electron chi connectivity index (χ2n) is 6.25. The average Bonchev–Trinajstić information content (AvgIpc) is 3.06. The van der Waals surface area contributed by atoms with Crippen molar-refractivity contribution < 1.29 is 4.79 Å². The number of thioether (sulfide) groups is 1. The van der Waals surface area contributed by atoms with Gasteiger partial charge in [0.25, 0.3) is 0 Å². The van der Waals surface area contributed by atoms with E-state index in [-0.39, 0.29) is 5.91 Å². The van der Waals surface area contributed by atoms with Gasteiger partial charge in [-0.1, -0.05) is 54.1 Å². The summed E-state index contributed by atoms with van der Waals surface area (Å²) in [6, 6.07) is 23.9. The molecule has 134 valence electrons. The minimum absolute atomic E-state index is 0.0529. The lowest BCUT2D eigenvalue weighted by Gasteiger charge is -2.08.